The van der Waals surface area contributed by atoms with E-state index < -0.39 is 168 Å². The highest BCUT2D eigenvalue weighted by Gasteiger charge is 2.55. The van der Waals surface area contributed by atoms with Crippen molar-refractivity contribution in [3.05, 3.63) is 0 Å². The highest BCUT2D eigenvalue weighted by molar-refractivity contribution is 5.73. The smallest absolute Gasteiger partial charge is 0.311 e. The quantitative estimate of drug-likeness (QED) is 0.129. The molecular formula is C71H138N4O21. The largest absolute Gasteiger partial charge is 0.459 e. The van der Waals surface area contributed by atoms with Gasteiger partial charge in [-0.1, -0.05) is 61.8 Å². The number of nitrogens with zero attached hydrogens (tertiary/aromatic N) is 4. The third-order valence-corrected chi connectivity index (χ3v) is 21.7. The van der Waals surface area contributed by atoms with E-state index in [0.29, 0.717) is 25.9 Å². The second-order valence-corrected chi connectivity index (χ2v) is 31.5. The monoisotopic (exact) mass is 1380 g/mol. The lowest BCUT2D eigenvalue weighted by atomic mass is 9.77. The first kappa shape index (κ1) is 88.3. The summed E-state index contributed by atoms with van der Waals surface area (Å²) in [7, 11) is 12.7. The molecule has 5 rings (SSSR count). The van der Waals surface area contributed by atoms with Gasteiger partial charge in [-0.05, 0) is 176 Å². The van der Waals surface area contributed by atoms with Crippen molar-refractivity contribution in [2.24, 2.45) is 35.5 Å². The van der Waals surface area contributed by atoms with Crippen LogP contribution in [0, 0.1) is 35.5 Å². The molecule has 0 radical (unpaired) electrons. The second kappa shape index (κ2) is 37.0. The van der Waals surface area contributed by atoms with Gasteiger partial charge >= 0.3 is 11.9 Å². The molecule has 568 valence electrons. The number of likely N-dealkylation sites (N-methyl/N-ethyl adjacent to an activating group) is 4. The van der Waals surface area contributed by atoms with Crippen molar-refractivity contribution in [2.75, 3.05) is 62.5 Å². The van der Waals surface area contributed by atoms with Gasteiger partial charge < -0.3 is 113 Å². The van der Waals surface area contributed by atoms with Crippen LogP contribution in [-0.4, -0.2) is 302 Å². The molecule has 0 unspecified atom stereocenters. The van der Waals surface area contributed by atoms with Gasteiger partial charge in [0.25, 0.3) is 0 Å². The van der Waals surface area contributed by atoms with Crippen LogP contribution < -0.4 is 0 Å². The highest BCUT2D eigenvalue weighted by atomic mass is 16.7. The Kier molecular flexibility index (Phi) is 34.0. The van der Waals surface area contributed by atoms with E-state index in [0.717, 1.165) is 0 Å². The van der Waals surface area contributed by atoms with E-state index in [-0.39, 0.29) is 68.2 Å². The number of ether oxygens (including phenoxy) is 9. The SMILES string of the molecule is CCC.CC[C@H]1OC(=O)[C@H](C)[C@@H](O)[C@H](C)[C@@H](O[C@@H]2O[C@H](C)C[C@H](N(C)C)[C@H]2O)[C@](C)(O)C[C@@H](C)CN(C)[C@H](C)[C@@H](O)[C@]1(C)O.CC[C@H]1OC(=O)[C@H](C)[C@@H](O[C@H]2C[C@@](C)(OC)[C@@H](O)[C@H](C)O2)[C@H](C)[C@@H](O[C@@H]2O[C@H](C)C[C@H](N(C)C)[C@H]2O)[C@](C)(O)C[C@@H](C)CN(C)[C@H](C)[C@@H](O)[C@]1(C)O. The van der Waals surface area contributed by atoms with Gasteiger partial charge in [0.15, 0.2) is 18.9 Å². The fraction of sp³-hybridized carbons (Fsp3) is 0.972. The van der Waals surface area contributed by atoms with Crippen LogP contribution in [0.3, 0.4) is 0 Å². The van der Waals surface area contributed by atoms with Crippen molar-refractivity contribution in [3.8, 4) is 0 Å². The Morgan fingerprint density at radius 3 is 1.24 bits per heavy atom. The molecule has 0 aromatic rings. The van der Waals surface area contributed by atoms with Crippen molar-refractivity contribution in [2.45, 2.75) is 346 Å². The van der Waals surface area contributed by atoms with Gasteiger partial charge in [-0.3, -0.25) is 9.59 Å². The predicted molar refractivity (Wildman–Crippen MR) is 365 cm³/mol. The molecule has 25 nitrogen and oxygen atoms in total. The number of methoxy groups -OCH3 is 1. The molecule has 25 heteroatoms. The van der Waals surface area contributed by atoms with Gasteiger partial charge in [0.1, 0.15) is 53.9 Å². The van der Waals surface area contributed by atoms with Crippen LogP contribution in [0.2, 0.25) is 0 Å². The maximum atomic E-state index is 14.2. The maximum Gasteiger partial charge on any atom is 0.311 e. The molecule has 0 spiro atoms. The molecule has 5 aliphatic rings. The van der Waals surface area contributed by atoms with Crippen LogP contribution in [0.4, 0.5) is 0 Å². The lowest BCUT2D eigenvalue weighted by Crippen LogP contribution is -2.60. The van der Waals surface area contributed by atoms with Crippen molar-refractivity contribution in [1.29, 1.82) is 0 Å². The zero-order valence-electron chi connectivity index (χ0n) is 63.9. The number of carbonyl (C=O) groups excluding carboxylic acids is 2. The summed E-state index contributed by atoms with van der Waals surface area (Å²) in [5.74, 6) is -5.24. The molecule has 0 amide bonds. The molecule has 5 heterocycles. The number of rotatable bonds is 11. The van der Waals surface area contributed by atoms with E-state index in [4.69, 9.17) is 42.6 Å². The summed E-state index contributed by atoms with van der Waals surface area (Å²) in [6.07, 6.45) is -12.7. The summed E-state index contributed by atoms with van der Waals surface area (Å²) in [6.45, 7) is 36.5. The Morgan fingerprint density at radius 2 is 0.885 bits per heavy atom. The van der Waals surface area contributed by atoms with Crippen molar-refractivity contribution < 1.29 is 103 Å². The Morgan fingerprint density at radius 1 is 0.521 bits per heavy atom. The van der Waals surface area contributed by atoms with Crippen molar-refractivity contribution in [3.63, 3.8) is 0 Å². The molecule has 5 saturated heterocycles. The minimum absolute atomic E-state index is 0.0990. The zero-order valence-corrected chi connectivity index (χ0v) is 63.9. The summed E-state index contributed by atoms with van der Waals surface area (Å²) in [5, 5.41) is 115. The fourth-order valence-corrected chi connectivity index (χ4v) is 15.5. The van der Waals surface area contributed by atoms with E-state index in [2.05, 4.69) is 13.8 Å². The van der Waals surface area contributed by atoms with Gasteiger partial charge in [-0.2, -0.15) is 0 Å². The number of esters is 2. The van der Waals surface area contributed by atoms with Gasteiger partial charge in [-0.15, -0.1) is 0 Å². The average Bonchev–Trinajstić information content (AvgIpc) is 1.13. The Balaban J connectivity index is 0.000000493. The lowest BCUT2D eigenvalue weighted by molar-refractivity contribution is -0.318. The van der Waals surface area contributed by atoms with Crippen LogP contribution >= 0.6 is 0 Å². The van der Waals surface area contributed by atoms with E-state index in [9.17, 15) is 60.7 Å². The topological polar surface area (TPSA) is 332 Å². The van der Waals surface area contributed by atoms with E-state index in [1.807, 2.05) is 96.5 Å². The van der Waals surface area contributed by atoms with Crippen LogP contribution in [0.5, 0.6) is 0 Å². The van der Waals surface area contributed by atoms with Crippen molar-refractivity contribution in [1.82, 2.24) is 19.6 Å². The average molecular weight is 1380 g/mol. The first-order valence-electron chi connectivity index (χ1n) is 35.7. The Hall–Kier alpha value is -1.90. The van der Waals surface area contributed by atoms with Crippen LogP contribution in [0.1, 0.15) is 190 Å². The van der Waals surface area contributed by atoms with Crippen molar-refractivity contribution >= 4 is 11.9 Å². The van der Waals surface area contributed by atoms with E-state index in [1.54, 1.807) is 69.2 Å². The molecule has 96 heavy (non-hydrogen) atoms. The lowest BCUT2D eigenvalue weighted by Gasteiger charge is -2.48. The van der Waals surface area contributed by atoms with Gasteiger partial charge in [0, 0.05) is 62.6 Å². The summed E-state index contributed by atoms with van der Waals surface area (Å²) in [6, 6.07) is -1.54. The molecule has 0 bridgehead atoms. The zero-order chi connectivity index (χ0) is 74.0. The Labute approximate surface area is 577 Å². The fourth-order valence-electron chi connectivity index (χ4n) is 15.5. The summed E-state index contributed by atoms with van der Waals surface area (Å²) >= 11 is 0. The molecule has 0 aliphatic carbocycles. The third-order valence-electron chi connectivity index (χ3n) is 21.7. The predicted octanol–water partition coefficient (Wildman–Crippen LogP) is 4.29. The molecule has 5 aliphatic heterocycles. The maximum absolute atomic E-state index is 14.2. The minimum atomic E-state index is -1.80. The number of aliphatic hydroxyl groups is 10. The number of cyclic esters (lactones) is 2. The molecular weight excluding hydrogens is 1240 g/mol. The molecule has 0 saturated carbocycles. The van der Waals surface area contributed by atoms with Gasteiger partial charge in [0.05, 0.1) is 71.4 Å². The first-order chi connectivity index (χ1) is 44.1. The first-order valence-corrected chi connectivity index (χ1v) is 35.7. The summed E-state index contributed by atoms with van der Waals surface area (Å²) in [5.41, 5.74) is -7.62. The summed E-state index contributed by atoms with van der Waals surface area (Å²) < 4.78 is 55.6. The minimum Gasteiger partial charge on any atom is -0.459 e. The van der Waals surface area contributed by atoms with Crippen LogP contribution in [0.25, 0.3) is 0 Å². The normalized spacial score (nSPS) is 47.7. The summed E-state index contributed by atoms with van der Waals surface area (Å²) in [4.78, 5) is 35.1. The van der Waals surface area contributed by atoms with Gasteiger partial charge in [0.2, 0.25) is 0 Å². The van der Waals surface area contributed by atoms with Gasteiger partial charge in [-0.25, -0.2) is 0 Å². The molecule has 0 aromatic carbocycles. The number of aliphatic hydroxyl groups excluding tert-OH is 6. The van der Waals surface area contributed by atoms with Crippen LogP contribution in [0.15, 0.2) is 0 Å². The second-order valence-electron chi connectivity index (χ2n) is 31.5. The van der Waals surface area contributed by atoms with E-state index >= 15 is 0 Å². The standard InChI is InChI=1S/C38H72N2O12.C30H58N2O9.C3H8/c1-15-27-38(10,46)31(42)24(6)40(13)19-20(2)17-36(8,45)33(52-35-29(41)26(39(11)12)16-21(3)48-35)22(4)30(23(5)34(44)50-27)51-28-18-37(9,47-14)32(43)25(7)49-28;1-12-22-30(8,38)25(35)20(6)32(11)15-16(2)14-29(7,37)26(18(4)23(33)19(5)27(36)40-22)41-28-24(34)21(31(9)10)13-17(3)39-28;1-3-2/h20-33,35,41-43,45-46H,15-19H2,1-14H3;16-26,28,33-35,37-38H,12-15H2,1-11H3;3H2,1-2H3/t20-,21-,22+,23-,24-,25+,26+,27-,28+,29-,30+,31-,32+,33-,35+,36-,37-,38-;16-,17-,18+,19-,20-,21+,22-,23+,24-,25-,26-,28+,29-,30-;/m11./s1. The molecule has 0 aromatic heterocycles. The number of carbonyl (C=O) groups is 2. The Bertz CT molecular complexity index is 2310. The number of hydrogen-bond donors (Lipinski definition) is 10. The third kappa shape index (κ3) is 22.1. The molecule has 5 fully saturated rings. The van der Waals surface area contributed by atoms with E-state index in [1.165, 1.54) is 34.3 Å². The number of hydrogen-bond acceptors (Lipinski definition) is 25. The van der Waals surface area contributed by atoms with Crippen LogP contribution in [-0.2, 0) is 52.2 Å². The highest BCUT2D eigenvalue weighted by Crippen LogP contribution is 2.42. The molecule has 10 N–H and O–H groups in total. The molecule has 32 atom stereocenters.